The molecule has 0 bridgehead atoms. The monoisotopic (exact) mass is 169 g/mol. The maximum Gasteiger partial charge on any atom is 0.0379 e. The topological polar surface area (TPSA) is 12.9 Å². The summed E-state index contributed by atoms with van der Waals surface area (Å²) in [7, 11) is 0. The van der Waals surface area contributed by atoms with Gasteiger partial charge in [0.1, 0.15) is 0 Å². The van der Waals surface area contributed by atoms with Crippen molar-refractivity contribution in [3.8, 4) is 0 Å². The molecule has 0 atom stereocenters. The fourth-order valence-electron chi connectivity index (χ4n) is 1.40. The second-order valence-electron chi connectivity index (χ2n) is 3.14. The number of rotatable bonds is 1. The second kappa shape index (κ2) is 3.02. The van der Waals surface area contributed by atoms with Crippen molar-refractivity contribution in [1.29, 1.82) is 0 Å². The third-order valence-electron chi connectivity index (χ3n) is 2.12. The van der Waals surface area contributed by atoms with Crippen LogP contribution in [0.5, 0.6) is 0 Å². The number of pyridine rings is 1. The van der Waals surface area contributed by atoms with E-state index in [0.29, 0.717) is 0 Å². The zero-order valence-corrected chi connectivity index (χ0v) is 7.62. The minimum absolute atomic E-state index is 1.05. The van der Waals surface area contributed by atoms with E-state index in [-0.39, 0.29) is 0 Å². The van der Waals surface area contributed by atoms with Crippen molar-refractivity contribution in [1.82, 2.24) is 4.98 Å². The summed E-state index contributed by atoms with van der Waals surface area (Å²) in [6.45, 7) is 5.74. The van der Waals surface area contributed by atoms with Crippen molar-refractivity contribution in [2.75, 3.05) is 0 Å². The van der Waals surface area contributed by atoms with Gasteiger partial charge in [0.25, 0.3) is 0 Å². The molecule has 1 aromatic heterocycles. The van der Waals surface area contributed by atoms with E-state index in [1.807, 2.05) is 25.3 Å². The van der Waals surface area contributed by atoms with Crippen LogP contribution in [0.1, 0.15) is 11.3 Å². The van der Waals surface area contributed by atoms with E-state index < -0.39 is 0 Å². The lowest BCUT2D eigenvalue weighted by Crippen LogP contribution is -1.81. The van der Waals surface area contributed by atoms with Crippen LogP contribution in [0.15, 0.2) is 37.0 Å². The van der Waals surface area contributed by atoms with Gasteiger partial charge < -0.3 is 0 Å². The summed E-state index contributed by atoms with van der Waals surface area (Å²) >= 11 is 0. The van der Waals surface area contributed by atoms with Gasteiger partial charge in [-0.05, 0) is 30.0 Å². The number of hydrogen-bond donors (Lipinski definition) is 0. The second-order valence-corrected chi connectivity index (χ2v) is 3.14. The predicted octanol–water partition coefficient (Wildman–Crippen LogP) is 3.19. The van der Waals surface area contributed by atoms with Gasteiger partial charge in [-0.3, -0.25) is 4.98 Å². The summed E-state index contributed by atoms with van der Waals surface area (Å²) in [5.41, 5.74) is 2.20. The molecule has 0 saturated carbocycles. The Bertz CT molecular complexity index is 458. The maximum atomic E-state index is 4.24. The van der Waals surface area contributed by atoms with Crippen LogP contribution < -0.4 is 0 Å². The number of benzene rings is 1. The highest BCUT2D eigenvalue weighted by atomic mass is 14.6. The van der Waals surface area contributed by atoms with Crippen LogP contribution in [0.4, 0.5) is 0 Å². The first kappa shape index (κ1) is 7.99. The number of aryl methyl sites for hydroxylation is 1. The molecule has 0 aliphatic carbocycles. The quantitative estimate of drug-likeness (QED) is 0.638. The molecule has 0 fully saturated rings. The highest BCUT2D eigenvalue weighted by Gasteiger charge is 1.94. The molecule has 0 aliphatic rings. The molecule has 0 aliphatic heterocycles. The van der Waals surface area contributed by atoms with Crippen molar-refractivity contribution in [3.05, 3.63) is 48.3 Å². The zero-order valence-electron chi connectivity index (χ0n) is 7.62. The van der Waals surface area contributed by atoms with Gasteiger partial charge in [-0.1, -0.05) is 24.8 Å². The molecule has 0 spiro atoms. The normalized spacial score (nSPS) is 10.2. The van der Waals surface area contributed by atoms with Gasteiger partial charge in [-0.15, -0.1) is 0 Å². The van der Waals surface area contributed by atoms with E-state index in [4.69, 9.17) is 0 Å². The molecule has 13 heavy (non-hydrogen) atoms. The minimum Gasteiger partial charge on any atom is -0.261 e. The molecule has 64 valence electrons. The summed E-state index contributed by atoms with van der Waals surface area (Å²) in [5.74, 6) is 0. The van der Waals surface area contributed by atoms with Crippen LogP contribution in [0.3, 0.4) is 0 Å². The Balaban J connectivity index is 2.74. The molecule has 1 nitrogen and oxygen atoms in total. The smallest absolute Gasteiger partial charge is 0.0379 e. The van der Waals surface area contributed by atoms with E-state index >= 15 is 0 Å². The lowest BCUT2D eigenvalue weighted by molar-refractivity contribution is 1.22. The Morgan fingerprint density at radius 2 is 2.08 bits per heavy atom. The highest BCUT2D eigenvalue weighted by Crippen LogP contribution is 2.16. The molecular weight excluding hydrogens is 158 g/mol. The van der Waals surface area contributed by atoms with E-state index in [2.05, 4.69) is 29.8 Å². The third kappa shape index (κ3) is 1.45. The molecule has 2 aromatic rings. The summed E-state index contributed by atoms with van der Waals surface area (Å²) in [6, 6.07) is 8.32. The van der Waals surface area contributed by atoms with Gasteiger partial charge in [-0.25, -0.2) is 0 Å². The molecule has 1 heteroatoms. The van der Waals surface area contributed by atoms with Crippen molar-refractivity contribution < 1.29 is 0 Å². The largest absolute Gasteiger partial charge is 0.261 e. The zero-order chi connectivity index (χ0) is 9.26. The Kier molecular flexibility index (Phi) is 1.85. The molecule has 1 heterocycles. The van der Waals surface area contributed by atoms with Gasteiger partial charge in [0, 0.05) is 17.3 Å². The van der Waals surface area contributed by atoms with Crippen LogP contribution in [-0.2, 0) is 0 Å². The van der Waals surface area contributed by atoms with E-state index in [9.17, 15) is 0 Å². The molecule has 0 unspecified atom stereocenters. The molecule has 0 amide bonds. The van der Waals surface area contributed by atoms with Crippen molar-refractivity contribution in [3.63, 3.8) is 0 Å². The standard InChI is InChI=1S/C12H11N/c1-3-10-4-5-11-8-13-9(2)6-12(11)7-10/h3-8H,1H2,2H3. The first-order chi connectivity index (χ1) is 6.29. The van der Waals surface area contributed by atoms with Crippen LogP contribution >= 0.6 is 0 Å². The van der Waals surface area contributed by atoms with Gasteiger partial charge >= 0.3 is 0 Å². The van der Waals surface area contributed by atoms with Crippen molar-refractivity contribution in [2.45, 2.75) is 6.92 Å². The Morgan fingerprint density at radius 1 is 1.23 bits per heavy atom. The van der Waals surface area contributed by atoms with Gasteiger partial charge in [-0.2, -0.15) is 0 Å². The van der Waals surface area contributed by atoms with Crippen LogP contribution in [-0.4, -0.2) is 4.98 Å². The Morgan fingerprint density at radius 3 is 2.85 bits per heavy atom. The molecular formula is C12H11N. The average Bonchev–Trinajstić information content (AvgIpc) is 2.16. The van der Waals surface area contributed by atoms with Crippen molar-refractivity contribution >= 4 is 16.8 Å². The molecule has 0 saturated heterocycles. The van der Waals surface area contributed by atoms with Crippen LogP contribution in [0, 0.1) is 6.92 Å². The summed E-state index contributed by atoms with van der Waals surface area (Å²) in [6.07, 6.45) is 3.76. The average molecular weight is 169 g/mol. The summed E-state index contributed by atoms with van der Waals surface area (Å²) in [4.78, 5) is 4.24. The molecule has 0 N–H and O–H groups in total. The third-order valence-corrected chi connectivity index (χ3v) is 2.12. The highest BCUT2D eigenvalue weighted by molar-refractivity contribution is 5.84. The first-order valence-electron chi connectivity index (χ1n) is 4.28. The lowest BCUT2D eigenvalue weighted by atomic mass is 10.1. The number of fused-ring (bicyclic) bond motifs is 1. The molecule has 0 radical (unpaired) electrons. The Labute approximate surface area is 77.7 Å². The van der Waals surface area contributed by atoms with Crippen LogP contribution in [0.2, 0.25) is 0 Å². The summed E-state index contributed by atoms with van der Waals surface area (Å²) in [5, 5.41) is 2.40. The van der Waals surface area contributed by atoms with E-state index in [0.717, 1.165) is 11.3 Å². The van der Waals surface area contributed by atoms with Crippen molar-refractivity contribution in [2.24, 2.45) is 0 Å². The van der Waals surface area contributed by atoms with Gasteiger partial charge in [0.05, 0.1) is 0 Å². The van der Waals surface area contributed by atoms with E-state index in [1.165, 1.54) is 10.8 Å². The fourth-order valence-corrected chi connectivity index (χ4v) is 1.40. The minimum atomic E-state index is 1.05. The van der Waals surface area contributed by atoms with Crippen LogP contribution in [0.25, 0.3) is 16.8 Å². The predicted molar refractivity (Wildman–Crippen MR) is 56.6 cm³/mol. The van der Waals surface area contributed by atoms with E-state index in [1.54, 1.807) is 0 Å². The SMILES string of the molecule is C=Cc1ccc2cnc(C)cc2c1. The fraction of sp³-hybridized carbons (Fsp3) is 0.0833. The molecule has 2 rings (SSSR count). The lowest BCUT2D eigenvalue weighted by Gasteiger charge is -1.99. The number of aromatic nitrogens is 1. The molecule has 1 aromatic carbocycles. The Hall–Kier alpha value is -1.63. The number of nitrogens with zero attached hydrogens (tertiary/aromatic N) is 1. The first-order valence-corrected chi connectivity index (χ1v) is 4.28. The number of hydrogen-bond acceptors (Lipinski definition) is 1. The van der Waals surface area contributed by atoms with Gasteiger partial charge in [0.15, 0.2) is 0 Å². The van der Waals surface area contributed by atoms with Gasteiger partial charge in [0.2, 0.25) is 0 Å². The maximum absolute atomic E-state index is 4.24. The summed E-state index contributed by atoms with van der Waals surface area (Å²) < 4.78 is 0.